The van der Waals surface area contributed by atoms with Crippen LogP contribution >= 0.6 is 0 Å². The zero-order valence-electron chi connectivity index (χ0n) is 12.4. The summed E-state index contributed by atoms with van der Waals surface area (Å²) in [7, 11) is 0. The van der Waals surface area contributed by atoms with Gasteiger partial charge in [0.25, 0.3) is 5.91 Å². The number of hydrogen-bond donors (Lipinski definition) is 2. The van der Waals surface area contributed by atoms with E-state index in [4.69, 9.17) is 0 Å². The van der Waals surface area contributed by atoms with E-state index >= 15 is 0 Å². The highest BCUT2D eigenvalue weighted by molar-refractivity contribution is 6.02. The molecular weight excluding hydrogens is 292 g/mol. The summed E-state index contributed by atoms with van der Waals surface area (Å²) in [4.78, 5) is 16.5. The van der Waals surface area contributed by atoms with Gasteiger partial charge in [-0.15, -0.1) is 0 Å². The standard InChI is InChI=1S/C16H16N6O/c23-16(14-2-1-13-11-18-8-10-21(13)14)19-15-5-9-22(20-15)12-3-6-17-7-4-12/h1-7,9,18H,8,10-11H2,(H,19,20,23). The number of carbonyl (C=O) groups excluding carboxylic acids is 1. The fourth-order valence-corrected chi connectivity index (χ4v) is 2.75. The second kappa shape index (κ2) is 5.69. The van der Waals surface area contributed by atoms with Crippen LogP contribution in [0.2, 0.25) is 0 Å². The van der Waals surface area contributed by atoms with Gasteiger partial charge in [-0.25, -0.2) is 4.68 Å². The van der Waals surface area contributed by atoms with Crippen molar-refractivity contribution in [3.63, 3.8) is 0 Å². The molecule has 2 N–H and O–H groups in total. The molecule has 0 bridgehead atoms. The topological polar surface area (TPSA) is 76.8 Å². The highest BCUT2D eigenvalue weighted by Gasteiger charge is 2.18. The molecule has 7 heteroatoms. The molecule has 0 radical (unpaired) electrons. The number of hydrogen-bond acceptors (Lipinski definition) is 4. The first-order chi connectivity index (χ1) is 11.3. The second-order valence-electron chi connectivity index (χ2n) is 5.34. The van der Waals surface area contributed by atoms with Crippen molar-refractivity contribution in [3.05, 3.63) is 60.3 Å². The van der Waals surface area contributed by atoms with E-state index < -0.39 is 0 Å². The molecule has 1 aliphatic rings. The van der Waals surface area contributed by atoms with Crippen LogP contribution in [0.1, 0.15) is 16.2 Å². The third-order valence-electron chi connectivity index (χ3n) is 3.88. The Labute approximate surface area is 133 Å². The Morgan fingerprint density at radius 3 is 2.91 bits per heavy atom. The fourth-order valence-electron chi connectivity index (χ4n) is 2.75. The van der Waals surface area contributed by atoms with Crippen LogP contribution in [0, 0.1) is 0 Å². The molecule has 7 nitrogen and oxygen atoms in total. The SMILES string of the molecule is O=C(Nc1ccn(-c2ccncc2)n1)c1ccc2n1CCNC2. The smallest absolute Gasteiger partial charge is 0.273 e. The lowest BCUT2D eigenvalue weighted by molar-refractivity contribution is 0.101. The minimum Gasteiger partial charge on any atom is -0.338 e. The van der Waals surface area contributed by atoms with E-state index in [9.17, 15) is 4.79 Å². The van der Waals surface area contributed by atoms with Crippen molar-refractivity contribution in [2.45, 2.75) is 13.1 Å². The number of fused-ring (bicyclic) bond motifs is 1. The number of anilines is 1. The van der Waals surface area contributed by atoms with Gasteiger partial charge in [-0.3, -0.25) is 9.78 Å². The van der Waals surface area contributed by atoms with Crippen molar-refractivity contribution in [1.29, 1.82) is 0 Å². The molecule has 0 aromatic carbocycles. The summed E-state index contributed by atoms with van der Waals surface area (Å²) < 4.78 is 3.75. The van der Waals surface area contributed by atoms with Crippen LogP contribution in [0.15, 0.2) is 48.9 Å². The normalized spacial score (nSPS) is 13.6. The molecule has 23 heavy (non-hydrogen) atoms. The Kier molecular flexibility index (Phi) is 3.39. The van der Waals surface area contributed by atoms with E-state index in [0.29, 0.717) is 11.5 Å². The second-order valence-corrected chi connectivity index (χ2v) is 5.34. The lowest BCUT2D eigenvalue weighted by atomic mass is 10.3. The van der Waals surface area contributed by atoms with Crippen LogP contribution < -0.4 is 10.6 Å². The average Bonchev–Trinajstić information content (AvgIpc) is 3.22. The maximum absolute atomic E-state index is 12.5. The van der Waals surface area contributed by atoms with Gasteiger partial charge in [0.15, 0.2) is 5.82 Å². The van der Waals surface area contributed by atoms with Gasteiger partial charge in [0.05, 0.1) is 5.69 Å². The fraction of sp³-hybridized carbons (Fsp3) is 0.188. The van der Waals surface area contributed by atoms with Gasteiger partial charge in [0.1, 0.15) is 5.69 Å². The average molecular weight is 308 g/mol. The summed E-state index contributed by atoms with van der Waals surface area (Å²) >= 11 is 0. The molecule has 0 fully saturated rings. The lowest BCUT2D eigenvalue weighted by Gasteiger charge is -2.18. The molecule has 3 aromatic heterocycles. The quantitative estimate of drug-likeness (QED) is 0.767. The third-order valence-corrected chi connectivity index (χ3v) is 3.88. The van der Waals surface area contributed by atoms with Crippen molar-refractivity contribution in [2.24, 2.45) is 0 Å². The Hall–Kier alpha value is -2.93. The monoisotopic (exact) mass is 308 g/mol. The summed E-state index contributed by atoms with van der Waals surface area (Å²) in [6.45, 7) is 2.47. The molecular formula is C16H16N6O. The van der Waals surface area contributed by atoms with Gasteiger partial charge in [-0.05, 0) is 24.3 Å². The van der Waals surface area contributed by atoms with Crippen LogP contribution in [0.3, 0.4) is 0 Å². The molecule has 0 unspecified atom stereocenters. The summed E-state index contributed by atoms with van der Waals surface area (Å²) in [5.41, 5.74) is 2.69. The molecule has 4 rings (SSSR count). The zero-order chi connectivity index (χ0) is 15.6. The van der Waals surface area contributed by atoms with E-state index in [1.165, 1.54) is 0 Å². The van der Waals surface area contributed by atoms with Crippen molar-refractivity contribution >= 4 is 11.7 Å². The van der Waals surface area contributed by atoms with Crippen molar-refractivity contribution in [2.75, 3.05) is 11.9 Å². The highest BCUT2D eigenvalue weighted by atomic mass is 16.2. The van der Waals surface area contributed by atoms with E-state index in [1.807, 2.05) is 35.0 Å². The molecule has 0 saturated heterocycles. The molecule has 0 spiro atoms. The van der Waals surface area contributed by atoms with E-state index in [2.05, 4.69) is 20.7 Å². The van der Waals surface area contributed by atoms with Gasteiger partial charge in [-0.1, -0.05) is 0 Å². The molecule has 116 valence electrons. The largest absolute Gasteiger partial charge is 0.338 e. The summed E-state index contributed by atoms with van der Waals surface area (Å²) in [6, 6.07) is 9.33. The van der Waals surface area contributed by atoms with E-state index in [1.54, 1.807) is 23.1 Å². The highest BCUT2D eigenvalue weighted by Crippen LogP contribution is 2.15. The van der Waals surface area contributed by atoms with E-state index in [0.717, 1.165) is 31.0 Å². The van der Waals surface area contributed by atoms with Crippen LogP contribution in [0.5, 0.6) is 0 Å². The lowest BCUT2D eigenvalue weighted by Crippen LogP contribution is -2.30. The number of nitrogens with zero attached hydrogens (tertiary/aromatic N) is 4. The van der Waals surface area contributed by atoms with Crippen LogP contribution in [-0.2, 0) is 13.1 Å². The predicted molar refractivity (Wildman–Crippen MR) is 85.5 cm³/mol. The first-order valence-corrected chi connectivity index (χ1v) is 7.48. The Balaban J connectivity index is 1.53. The number of aromatic nitrogens is 4. The molecule has 1 aliphatic heterocycles. The number of rotatable bonds is 3. The molecule has 4 heterocycles. The zero-order valence-corrected chi connectivity index (χ0v) is 12.4. The van der Waals surface area contributed by atoms with Gasteiger partial charge >= 0.3 is 0 Å². The maximum Gasteiger partial charge on any atom is 0.273 e. The first-order valence-electron chi connectivity index (χ1n) is 7.48. The van der Waals surface area contributed by atoms with Gasteiger partial charge < -0.3 is 15.2 Å². The van der Waals surface area contributed by atoms with Crippen LogP contribution in [-0.4, -0.2) is 31.8 Å². The van der Waals surface area contributed by atoms with Gasteiger partial charge in [-0.2, -0.15) is 5.10 Å². The minimum absolute atomic E-state index is 0.141. The van der Waals surface area contributed by atoms with Gasteiger partial charge in [0, 0.05) is 50.0 Å². The molecule has 3 aromatic rings. The Morgan fingerprint density at radius 2 is 2.04 bits per heavy atom. The summed E-state index contributed by atoms with van der Waals surface area (Å²) in [5.74, 6) is 0.384. The summed E-state index contributed by atoms with van der Waals surface area (Å²) in [6.07, 6.45) is 5.22. The van der Waals surface area contributed by atoms with Crippen LogP contribution in [0.4, 0.5) is 5.82 Å². The molecule has 0 atom stereocenters. The first kappa shape index (κ1) is 13.7. The number of carbonyl (C=O) groups is 1. The molecule has 0 aliphatic carbocycles. The van der Waals surface area contributed by atoms with Crippen molar-refractivity contribution < 1.29 is 4.79 Å². The Bertz CT molecular complexity index is 835. The third kappa shape index (κ3) is 2.62. The number of pyridine rings is 1. The molecule has 1 amide bonds. The maximum atomic E-state index is 12.5. The van der Waals surface area contributed by atoms with Gasteiger partial charge in [0.2, 0.25) is 0 Å². The molecule has 0 saturated carbocycles. The number of nitrogens with one attached hydrogen (secondary N) is 2. The summed E-state index contributed by atoms with van der Waals surface area (Å²) in [5, 5.41) is 10.5. The minimum atomic E-state index is -0.141. The Morgan fingerprint density at radius 1 is 1.17 bits per heavy atom. The number of amides is 1. The van der Waals surface area contributed by atoms with Crippen molar-refractivity contribution in [1.82, 2.24) is 24.6 Å². The van der Waals surface area contributed by atoms with Crippen molar-refractivity contribution in [3.8, 4) is 5.69 Å². The predicted octanol–water partition coefficient (Wildman–Crippen LogP) is 1.42. The van der Waals surface area contributed by atoms with E-state index in [-0.39, 0.29) is 5.91 Å². The van der Waals surface area contributed by atoms with Crippen LogP contribution in [0.25, 0.3) is 5.69 Å².